The number of hydrogen-bond donors (Lipinski definition) is 1. The van der Waals surface area contributed by atoms with Gasteiger partial charge in [0.05, 0.1) is 12.0 Å². The lowest BCUT2D eigenvalue weighted by molar-refractivity contribution is 0.322. The summed E-state index contributed by atoms with van der Waals surface area (Å²) >= 11 is 0. The van der Waals surface area contributed by atoms with Crippen LogP contribution in [0.3, 0.4) is 0 Å². The summed E-state index contributed by atoms with van der Waals surface area (Å²) in [5, 5.41) is 0. The molecule has 130 valence electrons. The second-order valence-corrected chi connectivity index (χ2v) is 7.14. The topological polar surface area (TPSA) is 64.6 Å². The van der Waals surface area contributed by atoms with Crippen molar-refractivity contribution < 1.29 is 17.9 Å². The first-order chi connectivity index (χ1) is 11.5. The third kappa shape index (κ3) is 4.72. The first kappa shape index (κ1) is 18.3. The summed E-state index contributed by atoms with van der Waals surface area (Å²) in [5.41, 5.74) is 2.01. The maximum absolute atomic E-state index is 12.3. The molecule has 2 aromatic rings. The second kappa shape index (κ2) is 8.17. The molecule has 0 unspecified atom stereocenters. The average molecular weight is 349 g/mol. The fraction of sp³-hybridized carbons (Fsp3) is 0.333. The summed E-state index contributed by atoms with van der Waals surface area (Å²) in [4.78, 5) is 0.216. The first-order valence-corrected chi connectivity index (χ1v) is 9.30. The Hall–Kier alpha value is -2.05. The molecule has 2 aromatic carbocycles. The maximum atomic E-state index is 12.3. The van der Waals surface area contributed by atoms with Gasteiger partial charge in [-0.25, -0.2) is 13.1 Å². The van der Waals surface area contributed by atoms with Crippen LogP contribution in [0.1, 0.15) is 18.1 Å². The van der Waals surface area contributed by atoms with Gasteiger partial charge in [0.2, 0.25) is 10.0 Å². The van der Waals surface area contributed by atoms with E-state index in [4.69, 9.17) is 9.47 Å². The second-order valence-electron chi connectivity index (χ2n) is 5.38. The molecular formula is C18H23NO4S. The van der Waals surface area contributed by atoms with Gasteiger partial charge in [-0.2, -0.15) is 0 Å². The van der Waals surface area contributed by atoms with Gasteiger partial charge >= 0.3 is 0 Å². The highest BCUT2D eigenvalue weighted by Gasteiger charge is 2.14. The summed E-state index contributed by atoms with van der Waals surface area (Å²) in [5.74, 6) is 1.39. The lowest BCUT2D eigenvalue weighted by Crippen LogP contribution is -2.28. The number of nitrogens with one attached hydrogen (secondary N) is 1. The van der Waals surface area contributed by atoms with Crippen molar-refractivity contribution in [1.29, 1.82) is 0 Å². The maximum Gasteiger partial charge on any atom is 0.240 e. The molecule has 0 fully saturated rings. The van der Waals surface area contributed by atoms with Gasteiger partial charge in [-0.15, -0.1) is 0 Å². The van der Waals surface area contributed by atoms with Crippen molar-refractivity contribution in [3.05, 3.63) is 53.6 Å². The van der Waals surface area contributed by atoms with Gasteiger partial charge in [-0.05, 0) is 54.8 Å². The molecule has 1 N–H and O–H groups in total. The fourth-order valence-corrected chi connectivity index (χ4v) is 3.37. The van der Waals surface area contributed by atoms with Gasteiger partial charge in [0.25, 0.3) is 0 Å². The van der Waals surface area contributed by atoms with E-state index in [1.807, 2.05) is 24.3 Å². The van der Waals surface area contributed by atoms with E-state index in [-0.39, 0.29) is 18.0 Å². The molecule has 2 rings (SSSR count). The highest BCUT2D eigenvalue weighted by molar-refractivity contribution is 7.89. The summed E-state index contributed by atoms with van der Waals surface area (Å²) in [7, 11) is -2.00. The van der Waals surface area contributed by atoms with E-state index in [1.165, 1.54) is 11.6 Å². The Kier molecular flexibility index (Phi) is 6.23. The highest BCUT2D eigenvalue weighted by atomic mass is 32.2. The van der Waals surface area contributed by atoms with E-state index >= 15 is 0 Å². The fourth-order valence-electron chi connectivity index (χ4n) is 2.27. The monoisotopic (exact) mass is 349 g/mol. The van der Waals surface area contributed by atoms with E-state index in [9.17, 15) is 8.42 Å². The number of hydrogen-bond acceptors (Lipinski definition) is 4. The highest BCUT2D eigenvalue weighted by Crippen LogP contribution is 2.21. The number of sulfonamides is 1. The molecule has 0 radical (unpaired) electrons. The largest absolute Gasteiger partial charge is 0.496 e. The van der Waals surface area contributed by atoms with Crippen LogP contribution < -0.4 is 14.2 Å². The molecule has 0 heterocycles. The van der Waals surface area contributed by atoms with Crippen LogP contribution in [0.2, 0.25) is 0 Å². The minimum atomic E-state index is -3.56. The molecule has 0 aliphatic rings. The molecular weight excluding hydrogens is 326 g/mol. The number of ether oxygens (including phenoxy) is 2. The van der Waals surface area contributed by atoms with Gasteiger partial charge in [-0.3, -0.25) is 0 Å². The Morgan fingerprint density at radius 2 is 1.79 bits per heavy atom. The molecule has 0 aliphatic heterocycles. The van der Waals surface area contributed by atoms with Crippen LogP contribution in [0.15, 0.2) is 47.4 Å². The Bertz CT molecular complexity index is 770. The van der Waals surface area contributed by atoms with E-state index in [0.717, 1.165) is 17.7 Å². The van der Waals surface area contributed by atoms with Crippen LogP contribution in [0.5, 0.6) is 11.5 Å². The normalized spacial score (nSPS) is 11.3. The zero-order chi connectivity index (χ0) is 17.6. The van der Waals surface area contributed by atoms with E-state index in [2.05, 4.69) is 11.6 Å². The predicted octanol–water partition coefficient (Wildman–Crippen LogP) is 2.92. The van der Waals surface area contributed by atoms with Crippen LogP contribution in [-0.4, -0.2) is 28.7 Å². The molecule has 0 aliphatic carbocycles. The zero-order valence-corrected chi connectivity index (χ0v) is 15.0. The summed E-state index contributed by atoms with van der Waals surface area (Å²) in [6.45, 7) is 4.36. The van der Waals surface area contributed by atoms with Crippen LogP contribution in [-0.2, 0) is 16.4 Å². The van der Waals surface area contributed by atoms with Crippen molar-refractivity contribution in [2.45, 2.75) is 25.2 Å². The zero-order valence-electron chi connectivity index (χ0n) is 14.2. The average Bonchev–Trinajstić information content (AvgIpc) is 2.59. The summed E-state index contributed by atoms with van der Waals surface area (Å²) in [6, 6.07) is 12.5. The van der Waals surface area contributed by atoms with Crippen LogP contribution in [0.4, 0.5) is 0 Å². The van der Waals surface area contributed by atoms with Crippen LogP contribution in [0.25, 0.3) is 0 Å². The molecule has 0 saturated carbocycles. The Morgan fingerprint density at radius 3 is 2.38 bits per heavy atom. The van der Waals surface area contributed by atoms with Gasteiger partial charge in [0, 0.05) is 6.54 Å². The Morgan fingerprint density at radius 1 is 1.08 bits per heavy atom. The molecule has 0 spiro atoms. The Balaban J connectivity index is 1.89. The molecule has 0 aromatic heterocycles. The van der Waals surface area contributed by atoms with Gasteiger partial charge < -0.3 is 9.47 Å². The molecule has 24 heavy (non-hydrogen) atoms. The SMILES string of the molecule is CCc1ccc(OCCNS(=O)(=O)c2ccc(OC)c(C)c2)cc1. The Labute approximate surface area is 143 Å². The molecule has 0 saturated heterocycles. The summed E-state index contributed by atoms with van der Waals surface area (Å²) in [6.07, 6.45) is 0.974. The third-order valence-electron chi connectivity index (χ3n) is 3.67. The number of methoxy groups -OCH3 is 1. The van der Waals surface area contributed by atoms with Crippen molar-refractivity contribution in [3.63, 3.8) is 0 Å². The van der Waals surface area contributed by atoms with E-state index in [0.29, 0.717) is 5.75 Å². The minimum Gasteiger partial charge on any atom is -0.496 e. The predicted molar refractivity (Wildman–Crippen MR) is 94.2 cm³/mol. The minimum absolute atomic E-state index is 0.197. The van der Waals surface area contributed by atoms with Crippen molar-refractivity contribution in [2.75, 3.05) is 20.3 Å². The van der Waals surface area contributed by atoms with Crippen molar-refractivity contribution in [2.24, 2.45) is 0 Å². The molecule has 0 atom stereocenters. The number of aryl methyl sites for hydroxylation is 2. The van der Waals surface area contributed by atoms with Gasteiger partial charge in [0.15, 0.2) is 0 Å². The molecule has 5 nitrogen and oxygen atoms in total. The first-order valence-electron chi connectivity index (χ1n) is 7.82. The van der Waals surface area contributed by atoms with Gasteiger partial charge in [0.1, 0.15) is 18.1 Å². The lowest BCUT2D eigenvalue weighted by Gasteiger charge is -2.10. The lowest BCUT2D eigenvalue weighted by atomic mass is 10.2. The van der Waals surface area contributed by atoms with Crippen molar-refractivity contribution in [1.82, 2.24) is 4.72 Å². The summed E-state index contributed by atoms with van der Waals surface area (Å²) < 4.78 is 37.8. The van der Waals surface area contributed by atoms with E-state index < -0.39 is 10.0 Å². The number of rotatable bonds is 8. The van der Waals surface area contributed by atoms with Crippen LogP contribution in [0, 0.1) is 6.92 Å². The van der Waals surface area contributed by atoms with Gasteiger partial charge in [-0.1, -0.05) is 19.1 Å². The smallest absolute Gasteiger partial charge is 0.240 e. The number of benzene rings is 2. The van der Waals surface area contributed by atoms with Crippen LogP contribution >= 0.6 is 0 Å². The van der Waals surface area contributed by atoms with Crippen molar-refractivity contribution in [3.8, 4) is 11.5 Å². The molecule has 0 bridgehead atoms. The molecule has 0 amide bonds. The standard InChI is InChI=1S/C18H23NO4S/c1-4-15-5-7-16(8-6-15)23-12-11-19-24(20,21)17-9-10-18(22-3)14(2)13-17/h5-10,13,19H,4,11-12H2,1-3H3. The molecule has 6 heteroatoms. The quantitative estimate of drug-likeness (QED) is 0.744. The van der Waals surface area contributed by atoms with E-state index in [1.54, 1.807) is 26.2 Å². The van der Waals surface area contributed by atoms with Crippen molar-refractivity contribution >= 4 is 10.0 Å². The third-order valence-corrected chi connectivity index (χ3v) is 5.13.